The predicted octanol–water partition coefficient (Wildman–Crippen LogP) is -10.2. The summed E-state index contributed by atoms with van der Waals surface area (Å²) >= 11 is 0. The van der Waals surface area contributed by atoms with Gasteiger partial charge in [0, 0.05) is 7.11 Å². The van der Waals surface area contributed by atoms with E-state index in [0.29, 0.717) is 0 Å². The van der Waals surface area contributed by atoms with Gasteiger partial charge in [0.05, 0.1) is 32.5 Å². The summed E-state index contributed by atoms with van der Waals surface area (Å²) in [7, 11) is 1.18. The molecule has 5 fully saturated rings. The van der Waals surface area contributed by atoms with E-state index in [2.05, 4.69) is 0 Å². The molecule has 0 aromatic heterocycles. The Kier molecular flexibility index (Phi) is 16.1. The van der Waals surface area contributed by atoms with E-state index in [9.17, 15) is 76.6 Å². The number of methoxy groups -OCH3 is 1. The highest BCUT2D eigenvalue weighted by Crippen LogP contribution is 2.36. The molecule has 5 saturated heterocycles. The summed E-state index contributed by atoms with van der Waals surface area (Å²) in [4.78, 5) is 0. The van der Waals surface area contributed by atoms with Gasteiger partial charge >= 0.3 is 0 Å². The third-order valence-electron chi connectivity index (χ3n) is 10.5. The first-order chi connectivity index (χ1) is 26.5. The highest BCUT2D eigenvalue weighted by atomic mass is 16.8. The minimum atomic E-state index is -2.12. The lowest BCUT2D eigenvalue weighted by Gasteiger charge is -2.49. The molecule has 0 bridgehead atoms. The van der Waals surface area contributed by atoms with Crippen molar-refractivity contribution in [2.45, 2.75) is 160 Å². The van der Waals surface area contributed by atoms with Crippen LogP contribution in [-0.2, 0) is 47.4 Å². The van der Waals surface area contributed by atoms with Crippen molar-refractivity contribution in [3.05, 3.63) is 0 Å². The SMILES string of the molecule is CO[C@@H]1OC(CO)[C@@H](O)C(O[C@@H]2OC(C)[C@H](O)C(O[C@@H]3OC(CO)[C@@H](O)C(O[C@@H]4OC(CO)[C@@H](O)C(O)[C@H]4O[C@H]4OC(CO)[C@@H](O)C(O)[C@H]4O)[C@H]3O)[C@@H]2O)[C@@H]1O. The lowest BCUT2D eigenvalue weighted by Crippen LogP contribution is -2.68. The van der Waals surface area contributed by atoms with E-state index in [4.69, 9.17) is 47.4 Å². The van der Waals surface area contributed by atoms with E-state index in [0.717, 1.165) is 0 Å². The molecule has 56 heavy (non-hydrogen) atoms. The number of hydrogen-bond donors (Lipinski definition) is 15. The van der Waals surface area contributed by atoms with Gasteiger partial charge in [0.25, 0.3) is 0 Å². The lowest BCUT2D eigenvalue weighted by atomic mass is 9.95. The van der Waals surface area contributed by atoms with E-state index < -0.39 is 180 Å². The second-order valence-corrected chi connectivity index (χ2v) is 14.1. The molecule has 0 spiro atoms. The number of aliphatic hydroxyl groups excluding tert-OH is 15. The summed E-state index contributed by atoms with van der Waals surface area (Å²) in [6.07, 6.45) is -44.2. The molecule has 0 aliphatic carbocycles. The number of rotatable bonds is 13. The first kappa shape index (κ1) is 46.1. The zero-order valence-corrected chi connectivity index (χ0v) is 30.1. The van der Waals surface area contributed by atoms with Crippen molar-refractivity contribution in [1.29, 1.82) is 0 Å². The van der Waals surface area contributed by atoms with Gasteiger partial charge in [0.15, 0.2) is 31.5 Å². The Balaban J connectivity index is 1.36. The van der Waals surface area contributed by atoms with Gasteiger partial charge in [-0.25, -0.2) is 0 Å². The van der Waals surface area contributed by atoms with E-state index in [1.54, 1.807) is 0 Å². The molecule has 25 nitrogen and oxygen atoms in total. The highest BCUT2D eigenvalue weighted by molar-refractivity contribution is 4.98. The Morgan fingerprint density at radius 2 is 0.679 bits per heavy atom. The Morgan fingerprint density at radius 3 is 1.16 bits per heavy atom. The molecule has 15 N–H and O–H groups in total. The van der Waals surface area contributed by atoms with Gasteiger partial charge in [-0.15, -0.1) is 0 Å². The molecule has 5 aliphatic heterocycles. The molecule has 5 aliphatic rings. The zero-order valence-electron chi connectivity index (χ0n) is 30.1. The molecule has 25 heteroatoms. The maximum absolute atomic E-state index is 11.5. The lowest BCUT2D eigenvalue weighted by molar-refractivity contribution is -0.399. The molecular formula is C31H54O25. The first-order valence-corrected chi connectivity index (χ1v) is 17.9. The summed E-state index contributed by atoms with van der Waals surface area (Å²) in [5.41, 5.74) is 0. The van der Waals surface area contributed by atoms with E-state index in [-0.39, 0.29) is 0 Å². The highest BCUT2D eigenvalue weighted by Gasteiger charge is 2.56. The van der Waals surface area contributed by atoms with Crippen LogP contribution in [-0.4, -0.2) is 264 Å². The third kappa shape index (κ3) is 9.17. The van der Waals surface area contributed by atoms with E-state index >= 15 is 0 Å². The fraction of sp³-hybridized carbons (Fsp3) is 1.00. The van der Waals surface area contributed by atoms with Crippen molar-refractivity contribution in [2.24, 2.45) is 0 Å². The van der Waals surface area contributed by atoms with Crippen LogP contribution < -0.4 is 0 Å². The van der Waals surface area contributed by atoms with Gasteiger partial charge in [-0.3, -0.25) is 0 Å². The summed E-state index contributed by atoms with van der Waals surface area (Å²) in [6.45, 7) is -2.09. The molecule has 0 aromatic rings. The number of aliphatic hydroxyl groups is 15. The summed E-state index contributed by atoms with van der Waals surface area (Å²) in [5, 5.41) is 158. The summed E-state index contributed by atoms with van der Waals surface area (Å²) in [5.74, 6) is 0. The average molecular weight is 827 g/mol. The quantitative estimate of drug-likeness (QED) is 0.0819. The maximum Gasteiger partial charge on any atom is 0.187 e. The van der Waals surface area contributed by atoms with E-state index in [1.165, 1.54) is 14.0 Å². The molecule has 0 saturated carbocycles. The van der Waals surface area contributed by atoms with Gasteiger partial charge in [-0.1, -0.05) is 0 Å². The standard InChI is InChI=1S/C31H54O25/c1-7-12(36)23(21(45)29(48-7)54-24-15(39)10(5-34)49-27(47-2)20(24)44)53-30-22(46)25(16(40)11(6-35)51-30)55-31-26(18(42)14(38)9(4-33)52-31)56-28-19(43)17(41)13(37)8(3-32)50-28/h7-46H,3-6H2,1-2H3/t7?,8?,9?,10?,11?,12-,13+,14+,15+,16+,17?,18?,19+,20-,21-,22+,23?,24?,25?,26+,27+,28+,29-,30-,31-/m0/s1. The van der Waals surface area contributed by atoms with Crippen LogP contribution >= 0.6 is 0 Å². The second-order valence-electron chi connectivity index (χ2n) is 14.1. The van der Waals surface area contributed by atoms with Crippen molar-refractivity contribution >= 4 is 0 Å². The van der Waals surface area contributed by atoms with Crippen molar-refractivity contribution < 1.29 is 124 Å². The van der Waals surface area contributed by atoms with Crippen LogP contribution in [0.15, 0.2) is 0 Å². The van der Waals surface area contributed by atoms with Gasteiger partial charge in [0.2, 0.25) is 0 Å². The Morgan fingerprint density at radius 1 is 0.339 bits per heavy atom. The van der Waals surface area contributed by atoms with Crippen LogP contribution in [0.4, 0.5) is 0 Å². The van der Waals surface area contributed by atoms with Gasteiger partial charge in [-0.2, -0.15) is 0 Å². The van der Waals surface area contributed by atoms with Crippen molar-refractivity contribution in [2.75, 3.05) is 33.5 Å². The molecule has 0 amide bonds. The zero-order chi connectivity index (χ0) is 41.3. The topological polar surface area (TPSA) is 396 Å². The number of ether oxygens (including phenoxy) is 10. The van der Waals surface area contributed by atoms with Gasteiger partial charge in [0.1, 0.15) is 116 Å². The molecule has 0 radical (unpaired) electrons. The summed E-state index contributed by atoms with van der Waals surface area (Å²) in [6, 6.07) is 0. The van der Waals surface area contributed by atoms with Crippen LogP contribution in [0.3, 0.4) is 0 Å². The Hall–Kier alpha value is -1.00. The molecule has 0 aromatic carbocycles. The van der Waals surface area contributed by atoms with Crippen LogP contribution in [0, 0.1) is 0 Å². The maximum atomic E-state index is 11.5. The predicted molar refractivity (Wildman–Crippen MR) is 170 cm³/mol. The van der Waals surface area contributed by atoms with Crippen molar-refractivity contribution in [1.82, 2.24) is 0 Å². The second kappa shape index (κ2) is 19.6. The third-order valence-corrected chi connectivity index (χ3v) is 10.5. The van der Waals surface area contributed by atoms with Crippen LogP contribution in [0.1, 0.15) is 6.92 Å². The first-order valence-electron chi connectivity index (χ1n) is 17.9. The van der Waals surface area contributed by atoms with Crippen molar-refractivity contribution in [3.8, 4) is 0 Å². The fourth-order valence-corrected chi connectivity index (χ4v) is 7.12. The van der Waals surface area contributed by atoms with E-state index in [1.807, 2.05) is 0 Å². The Bertz CT molecular complexity index is 1190. The smallest absolute Gasteiger partial charge is 0.187 e. The molecule has 5 heterocycles. The van der Waals surface area contributed by atoms with Crippen LogP contribution in [0.5, 0.6) is 0 Å². The minimum Gasteiger partial charge on any atom is -0.394 e. The van der Waals surface area contributed by atoms with Gasteiger partial charge in [-0.05, 0) is 6.92 Å². The molecule has 25 atom stereocenters. The monoisotopic (exact) mass is 826 g/mol. The molecule has 328 valence electrons. The minimum absolute atomic E-state index is 0.715. The van der Waals surface area contributed by atoms with Crippen LogP contribution in [0.25, 0.3) is 0 Å². The largest absolute Gasteiger partial charge is 0.394 e. The van der Waals surface area contributed by atoms with Gasteiger partial charge < -0.3 is 124 Å². The molecule has 5 rings (SSSR count). The number of hydrogen-bond acceptors (Lipinski definition) is 25. The molecule has 10 unspecified atom stereocenters. The average Bonchev–Trinajstić information content (AvgIpc) is 3.18. The van der Waals surface area contributed by atoms with Crippen molar-refractivity contribution in [3.63, 3.8) is 0 Å². The normalized spacial score (nSPS) is 53.2. The molecular weight excluding hydrogens is 772 g/mol. The van der Waals surface area contributed by atoms with Crippen LogP contribution in [0.2, 0.25) is 0 Å². The Labute approximate surface area is 318 Å². The summed E-state index contributed by atoms with van der Waals surface area (Å²) < 4.78 is 55.4. The fourth-order valence-electron chi connectivity index (χ4n) is 7.12.